The topological polar surface area (TPSA) is 62.1 Å². The van der Waals surface area contributed by atoms with E-state index < -0.39 is 0 Å². The molecule has 2 aliphatic heterocycles. The molecule has 2 heterocycles. The van der Waals surface area contributed by atoms with Crippen molar-refractivity contribution in [2.75, 3.05) is 19.8 Å². The molecule has 1 atom stereocenters. The molecule has 0 amide bonds. The van der Waals surface area contributed by atoms with Gasteiger partial charge in [-0.05, 0) is 115 Å². The molecule has 1 N–H and O–H groups in total. The average molecular weight is 551 g/mol. The lowest BCUT2D eigenvalue weighted by Crippen LogP contribution is -2.19. The molecule has 2 aromatic carbocycles. The highest BCUT2D eigenvalue weighted by Crippen LogP contribution is 2.32. The van der Waals surface area contributed by atoms with Crippen LogP contribution in [0.2, 0.25) is 0 Å². The summed E-state index contributed by atoms with van der Waals surface area (Å²) >= 11 is 0. The molecule has 0 aromatic heterocycles. The summed E-state index contributed by atoms with van der Waals surface area (Å²) in [5.41, 5.74) is 10.9. The van der Waals surface area contributed by atoms with Crippen molar-refractivity contribution in [3.63, 3.8) is 0 Å². The van der Waals surface area contributed by atoms with Crippen LogP contribution in [0, 0.1) is 23.2 Å². The number of ketones is 1. The molecule has 216 valence electrons. The second-order valence-electron chi connectivity index (χ2n) is 11.8. The smallest absolute Gasteiger partial charge is 0.162 e. The van der Waals surface area contributed by atoms with E-state index in [1.807, 2.05) is 6.07 Å². The van der Waals surface area contributed by atoms with Gasteiger partial charge in [-0.25, -0.2) is 0 Å². The SMILES string of the molecule is CCc1cc(C(=O)CCC(C)CC)ccc1/C(C)=C/C1=C(C)C(c2ccc(CC3CCOCC3)c(C#N)c2)=CCN1. The number of rotatable bonds is 11. The van der Waals surface area contributed by atoms with Gasteiger partial charge >= 0.3 is 0 Å². The van der Waals surface area contributed by atoms with E-state index in [0.717, 1.165) is 86.2 Å². The van der Waals surface area contributed by atoms with Gasteiger partial charge in [0, 0.05) is 37.4 Å². The highest BCUT2D eigenvalue weighted by Gasteiger charge is 2.19. The molecule has 41 heavy (non-hydrogen) atoms. The van der Waals surface area contributed by atoms with Crippen molar-refractivity contribution in [1.29, 1.82) is 5.26 Å². The fraction of sp³-hybridized carbons (Fsp3) is 0.459. The van der Waals surface area contributed by atoms with Crippen molar-refractivity contribution in [1.82, 2.24) is 5.32 Å². The molecule has 1 saturated heterocycles. The number of ether oxygens (including phenoxy) is 1. The minimum Gasteiger partial charge on any atom is -0.381 e. The minimum absolute atomic E-state index is 0.242. The van der Waals surface area contributed by atoms with Gasteiger partial charge in [0.1, 0.15) is 0 Å². The summed E-state index contributed by atoms with van der Waals surface area (Å²) in [6.07, 6.45) is 11.1. The fourth-order valence-corrected chi connectivity index (χ4v) is 5.94. The third kappa shape index (κ3) is 7.66. The van der Waals surface area contributed by atoms with Crippen LogP contribution in [0.25, 0.3) is 11.1 Å². The third-order valence-electron chi connectivity index (χ3n) is 8.95. The first-order valence-corrected chi connectivity index (χ1v) is 15.5. The molecule has 2 aliphatic rings. The van der Waals surface area contributed by atoms with Crippen LogP contribution < -0.4 is 5.32 Å². The van der Waals surface area contributed by atoms with Crippen LogP contribution in [0.4, 0.5) is 0 Å². The lowest BCUT2D eigenvalue weighted by molar-refractivity contribution is 0.0665. The molecular weight excluding hydrogens is 504 g/mol. The van der Waals surface area contributed by atoms with Crippen LogP contribution in [-0.2, 0) is 17.6 Å². The molecule has 1 unspecified atom stereocenters. The van der Waals surface area contributed by atoms with Crippen LogP contribution in [0.1, 0.15) is 105 Å². The molecule has 0 saturated carbocycles. The number of nitrogens with zero attached hydrogens (tertiary/aromatic N) is 1. The van der Waals surface area contributed by atoms with Gasteiger partial charge in [-0.3, -0.25) is 4.79 Å². The predicted molar refractivity (Wildman–Crippen MR) is 170 cm³/mol. The number of aryl methyl sites for hydroxylation is 1. The van der Waals surface area contributed by atoms with Crippen LogP contribution in [0.5, 0.6) is 0 Å². The fourth-order valence-electron chi connectivity index (χ4n) is 5.94. The van der Waals surface area contributed by atoms with Crippen molar-refractivity contribution in [3.05, 3.63) is 93.2 Å². The standard InChI is InChI=1S/C37H46N2O2/c1-6-25(3)8-13-37(40)32-11-12-34(29(7-2)22-32)26(4)20-36-27(5)35(14-17-39-36)31-10-9-30(33(23-31)24-38)21-28-15-18-41-19-16-28/h9-12,14,20,22-23,25,28,39H,6-8,13,15-19,21H2,1-5H3/b26-20+. The van der Waals surface area contributed by atoms with Crippen molar-refractivity contribution in [3.8, 4) is 6.07 Å². The summed E-state index contributed by atoms with van der Waals surface area (Å²) < 4.78 is 5.52. The molecule has 1 fully saturated rings. The Morgan fingerprint density at radius 1 is 1.15 bits per heavy atom. The zero-order valence-electron chi connectivity index (χ0n) is 25.6. The summed E-state index contributed by atoms with van der Waals surface area (Å²) in [5, 5.41) is 13.5. The first-order valence-electron chi connectivity index (χ1n) is 15.5. The van der Waals surface area contributed by atoms with Crippen molar-refractivity contribution >= 4 is 16.9 Å². The Balaban J connectivity index is 1.55. The molecule has 0 radical (unpaired) electrons. The normalized spacial score (nSPS) is 17.1. The maximum atomic E-state index is 12.8. The molecule has 0 aliphatic carbocycles. The maximum Gasteiger partial charge on any atom is 0.162 e. The zero-order chi connectivity index (χ0) is 29.4. The first kappa shape index (κ1) is 30.5. The number of nitrogens with one attached hydrogen (secondary N) is 1. The quantitative estimate of drug-likeness (QED) is 0.285. The second-order valence-corrected chi connectivity index (χ2v) is 11.8. The summed E-state index contributed by atoms with van der Waals surface area (Å²) in [4.78, 5) is 12.8. The molecule has 0 spiro atoms. The number of dihydropyridines is 1. The Morgan fingerprint density at radius 2 is 1.93 bits per heavy atom. The van der Waals surface area contributed by atoms with Gasteiger partial charge in [0.2, 0.25) is 0 Å². The average Bonchev–Trinajstić information content (AvgIpc) is 3.01. The summed E-state index contributed by atoms with van der Waals surface area (Å²) in [6.45, 7) is 13.2. The number of carbonyl (C=O) groups is 1. The van der Waals surface area contributed by atoms with Crippen LogP contribution >= 0.6 is 0 Å². The molecular formula is C37H46N2O2. The number of nitriles is 1. The van der Waals surface area contributed by atoms with E-state index in [1.165, 1.54) is 27.8 Å². The van der Waals surface area contributed by atoms with Gasteiger partial charge in [0.05, 0.1) is 11.6 Å². The molecule has 4 heteroatoms. The monoisotopic (exact) mass is 550 g/mol. The molecule has 2 aromatic rings. The van der Waals surface area contributed by atoms with Gasteiger partial charge < -0.3 is 10.1 Å². The summed E-state index contributed by atoms with van der Waals surface area (Å²) in [5.74, 6) is 1.41. The van der Waals surface area contributed by atoms with E-state index >= 15 is 0 Å². The number of carbonyl (C=O) groups excluding carboxylic acids is 1. The summed E-state index contributed by atoms with van der Waals surface area (Å²) in [6, 6.07) is 15.1. The van der Waals surface area contributed by atoms with Crippen LogP contribution in [-0.4, -0.2) is 25.5 Å². The Bertz CT molecular complexity index is 1380. The van der Waals surface area contributed by atoms with E-state index in [1.54, 1.807) is 0 Å². The van der Waals surface area contributed by atoms with E-state index in [-0.39, 0.29) is 5.78 Å². The van der Waals surface area contributed by atoms with Gasteiger partial charge in [-0.1, -0.05) is 57.5 Å². The van der Waals surface area contributed by atoms with E-state index in [9.17, 15) is 10.1 Å². The van der Waals surface area contributed by atoms with Gasteiger partial charge in [0.25, 0.3) is 0 Å². The highest BCUT2D eigenvalue weighted by atomic mass is 16.5. The lowest BCUT2D eigenvalue weighted by atomic mass is 9.87. The van der Waals surface area contributed by atoms with Gasteiger partial charge in [-0.2, -0.15) is 5.26 Å². The van der Waals surface area contributed by atoms with Crippen LogP contribution in [0.15, 0.2) is 59.8 Å². The second kappa shape index (κ2) is 14.5. The third-order valence-corrected chi connectivity index (χ3v) is 8.95. The largest absolute Gasteiger partial charge is 0.381 e. The maximum absolute atomic E-state index is 12.8. The van der Waals surface area contributed by atoms with Crippen molar-refractivity contribution in [2.24, 2.45) is 11.8 Å². The molecule has 4 rings (SSSR count). The molecule has 4 nitrogen and oxygen atoms in total. The van der Waals surface area contributed by atoms with E-state index in [4.69, 9.17) is 4.74 Å². The Kier molecular flexibility index (Phi) is 10.8. The van der Waals surface area contributed by atoms with Crippen LogP contribution in [0.3, 0.4) is 0 Å². The zero-order valence-corrected chi connectivity index (χ0v) is 25.6. The lowest BCUT2D eigenvalue weighted by Gasteiger charge is -2.23. The number of hydrogen-bond donors (Lipinski definition) is 1. The number of allylic oxidation sites excluding steroid dienone is 4. The Hall–Kier alpha value is -3.42. The predicted octanol–water partition coefficient (Wildman–Crippen LogP) is 8.46. The van der Waals surface area contributed by atoms with Gasteiger partial charge in [0.15, 0.2) is 5.78 Å². The van der Waals surface area contributed by atoms with Gasteiger partial charge in [-0.15, -0.1) is 0 Å². The van der Waals surface area contributed by atoms with Crippen molar-refractivity contribution in [2.45, 2.75) is 79.6 Å². The van der Waals surface area contributed by atoms with E-state index in [0.29, 0.717) is 18.3 Å². The Labute approximate surface area is 247 Å². The summed E-state index contributed by atoms with van der Waals surface area (Å²) in [7, 11) is 0. The highest BCUT2D eigenvalue weighted by molar-refractivity contribution is 5.96. The number of hydrogen-bond acceptors (Lipinski definition) is 4. The van der Waals surface area contributed by atoms with E-state index in [2.05, 4.69) is 88.5 Å². The first-order chi connectivity index (χ1) is 19.8. The molecule has 0 bridgehead atoms. The Morgan fingerprint density at radius 3 is 2.63 bits per heavy atom. The number of Topliss-reactive ketones (excluding diaryl/α,β-unsaturated/α-hetero) is 1. The van der Waals surface area contributed by atoms with Crippen molar-refractivity contribution < 1.29 is 9.53 Å². The minimum atomic E-state index is 0.242. The number of benzene rings is 2.